The zero-order valence-electron chi connectivity index (χ0n) is 63.5. The number of aliphatic hydroxyl groups excluding tert-OH is 8. The van der Waals surface area contributed by atoms with Crippen molar-refractivity contribution >= 4 is 58.2 Å². The molecule has 0 saturated carbocycles. The van der Waals surface area contributed by atoms with Crippen LogP contribution in [0.1, 0.15) is 123 Å². The molecular formula is C81H93N5O27. The fraction of sp³-hybridized carbons (Fsp3) is 0.432. The molecule has 0 bridgehead atoms. The van der Waals surface area contributed by atoms with E-state index in [-0.39, 0.29) is 138 Å². The molecule has 6 aliphatic rings. The van der Waals surface area contributed by atoms with Crippen LogP contribution in [-0.2, 0) is 36.9 Å². The average molecular weight is 1570 g/mol. The Morgan fingerprint density at radius 1 is 0.496 bits per heavy atom. The third kappa shape index (κ3) is 18.1. The number of anilines is 2. The van der Waals surface area contributed by atoms with Gasteiger partial charge in [0, 0.05) is 44.6 Å². The zero-order chi connectivity index (χ0) is 80.7. The van der Waals surface area contributed by atoms with Crippen LogP contribution in [0.3, 0.4) is 0 Å². The number of Topliss-reactive ketones (excluding diaryl/α,β-unsaturated/α-hetero) is 1. The Balaban J connectivity index is 0.768. The average Bonchev–Trinajstić information content (AvgIpc) is 1.61. The molecule has 6 aromatic rings. The molecule has 32 heteroatoms. The minimum atomic E-state index is -1.75. The van der Waals surface area contributed by atoms with Crippen molar-refractivity contribution in [1.82, 2.24) is 15.1 Å². The number of fused-ring (bicyclic) bond motifs is 4. The molecule has 6 heterocycles. The highest BCUT2D eigenvalue weighted by Gasteiger charge is 2.49. The molecule has 5 amide bonds. The predicted molar refractivity (Wildman–Crippen MR) is 402 cm³/mol. The predicted octanol–water partition coefficient (Wildman–Crippen LogP) is 6.44. The molecule has 9 N–H and O–H groups in total. The van der Waals surface area contributed by atoms with Gasteiger partial charge in [-0.25, -0.2) is 19.4 Å². The number of amides is 5. The Bertz CT molecular complexity index is 4530. The quantitative estimate of drug-likeness (QED) is 0.0188. The van der Waals surface area contributed by atoms with Gasteiger partial charge in [-0.3, -0.25) is 19.2 Å². The van der Waals surface area contributed by atoms with Gasteiger partial charge in [0.15, 0.2) is 41.2 Å². The third-order valence-corrected chi connectivity index (χ3v) is 20.0. The lowest BCUT2D eigenvalue weighted by Gasteiger charge is -2.35. The van der Waals surface area contributed by atoms with Crippen molar-refractivity contribution in [1.29, 1.82) is 0 Å². The Morgan fingerprint density at radius 3 is 1.35 bits per heavy atom. The second-order valence-corrected chi connectivity index (χ2v) is 29.0. The second-order valence-electron chi connectivity index (χ2n) is 29.0. The smallest absolute Gasteiger partial charge is 0.416 e. The van der Waals surface area contributed by atoms with Gasteiger partial charge in [0.2, 0.25) is 12.6 Å². The highest BCUT2D eigenvalue weighted by atomic mass is 16.7. The maximum absolute atomic E-state index is 14.9. The number of nitrogens with one attached hydrogen (secondary N) is 1. The number of aliphatic hydroxyl groups is 8. The number of hydrogen-bond acceptors (Lipinski definition) is 27. The first-order valence-corrected chi connectivity index (χ1v) is 36.8. The van der Waals surface area contributed by atoms with E-state index < -0.39 is 122 Å². The van der Waals surface area contributed by atoms with Gasteiger partial charge in [-0.15, -0.1) is 0 Å². The van der Waals surface area contributed by atoms with E-state index in [9.17, 15) is 69.6 Å². The summed E-state index contributed by atoms with van der Waals surface area (Å²) >= 11 is 0. The normalized spacial score (nSPS) is 23.3. The van der Waals surface area contributed by atoms with Crippen LogP contribution in [0.5, 0.6) is 46.0 Å². The van der Waals surface area contributed by atoms with Gasteiger partial charge >= 0.3 is 12.2 Å². The first-order chi connectivity index (χ1) is 54.2. The van der Waals surface area contributed by atoms with E-state index in [1.165, 1.54) is 106 Å². The van der Waals surface area contributed by atoms with Crippen molar-refractivity contribution in [3.05, 3.63) is 166 Å². The lowest BCUT2D eigenvalue weighted by molar-refractivity contribution is -0.242. The number of nitrogens with zero attached hydrogens (tertiary/aromatic N) is 4. The Kier molecular flexibility index (Phi) is 25.8. The monoisotopic (exact) mass is 1570 g/mol. The molecule has 32 nitrogen and oxygen atoms in total. The third-order valence-electron chi connectivity index (χ3n) is 20.0. The molecule has 0 aliphatic carbocycles. The summed E-state index contributed by atoms with van der Waals surface area (Å²) in [6.07, 6.45) is -13.3. The number of rotatable bonds is 28. The van der Waals surface area contributed by atoms with Crippen molar-refractivity contribution in [2.45, 2.75) is 146 Å². The summed E-state index contributed by atoms with van der Waals surface area (Å²) in [5, 5.41) is 90.1. The fourth-order valence-electron chi connectivity index (χ4n) is 14.0. The highest BCUT2D eigenvalue weighted by Crippen LogP contribution is 2.47. The molecule has 0 aromatic heterocycles. The van der Waals surface area contributed by atoms with Crippen LogP contribution >= 0.6 is 0 Å². The largest absolute Gasteiger partial charge is 0.497 e. The van der Waals surface area contributed by atoms with Crippen molar-refractivity contribution < 1.29 is 131 Å². The Labute approximate surface area is 650 Å². The number of ketones is 1. The van der Waals surface area contributed by atoms with Crippen LogP contribution in [0.15, 0.2) is 122 Å². The Morgan fingerprint density at radius 2 is 0.929 bits per heavy atom. The lowest BCUT2D eigenvalue weighted by Crippen LogP contribution is -2.54. The summed E-state index contributed by atoms with van der Waals surface area (Å²) in [6, 6.07) is 26.4. The minimum absolute atomic E-state index is 0.0122. The van der Waals surface area contributed by atoms with Crippen molar-refractivity contribution in [3.63, 3.8) is 0 Å². The lowest BCUT2D eigenvalue weighted by atomic mass is 9.87. The SMILES string of the molecule is COCCNC(=O)c1cc(COC(=O)N2c3cc(OCCCCCOc4cc5c(cc4OC)C(=O)N4C=C(c6ccc(OC)cc6)C[C@H]4C(O)N5C(=O)OCc4ccc(O[C@@H]5OC[C@@H](O)[C@H](O)[C@H]5O)c(C(=O)CC(C)(C)C)c4)c(OC)cc3C(=O)N3C=C(c4ccc(OC)cc4)C[C@H]3C2O)ccc1O[C@@H]1OC[C@@H](O)[C@H](O)[C@H]1O. The summed E-state index contributed by atoms with van der Waals surface area (Å²) < 4.78 is 75.0. The fourth-order valence-corrected chi connectivity index (χ4v) is 14.0. The van der Waals surface area contributed by atoms with Crippen LogP contribution in [0.25, 0.3) is 11.1 Å². The van der Waals surface area contributed by atoms with E-state index in [0.29, 0.717) is 47.5 Å². The van der Waals surface area contributed by atoms with Gasteiger partial charge in [-0.2, -0.15) is 0 Å². The number of benzene rings is 6. The highest BCUT2D eigenvalue weighted by molar-refractivity contribution is 6.09. The van der Waals surface area contributed by atoms with E-state index in [4.69, 9.17) is 61.6 Å². The van der Waals surface area contributed by atoms with Gasteiger partial charge in [0.1, 0.15) is 72.8 Å². The van der Waals surface area contributed by atoms with Crippen LogP contribution < -0.4 is 53.0 Å². The van der Waals surface area contributed by atoms with E-state index in [0.717, 1.165) is 20.9 Å². The Hall–Kier alpha value is -10.6. The molecule has 2 saturated heterocycles. The van der Waals surface area contributed by atoms with Crippen LogP contribution in [-0.4, -0.2) is 235 Å². The molecule has 2 unspecified atom stereocenters. The molecule has 0 radical (unpaired) electrons. The summed E-state index contributed by atoms with van der Waals surface area (Å²) in [7, 11) is 7.27. The number of unbranched alkanes of at least 4 members (excludes halogenated alkanes) is 2. The first-order valence-electron chi connectivity index (χ1n) is 36.8. The summed E-state index contributed by atoms with van der Waals surface area (Å²) in [5.41, 5.74) is 2.53. The molecule has 604 valence electrons. The van der Waals surface area contributed by atoms with E-state index >= 15 is 0 Å². The summed E-state index contributed by atoms with van der Waals surface area (Å²) in [5.74, 6) is -0.710. The van der Waals surface area contributed by atoms with Gasteiger partial charge in [0.25, 0.3) is 17.7 Å². The number of hydrogen-bond donors (Lipinski definition) is 9. The molecule has 2 fully saturated rings. The van der Waals surface area contributed by atoms with Crippen LogP contribution in [0.2, 0.25) is 0 Å². The van der Waals surface area contributed by atoms with Gasteiger partial charge in [-0.05, 0) is 132 Å². The maximum Gasteiger partial charge on any atom is 0.416 e. The van der Waals surface area contributed by atoms with Crippen LogP contribution in [0, 0.1) is 5.41 Å². The minimum Gasteiger partial charge on any atom is -0.497 e. The zero-order valence-corrected chi connectivity index (χ0v) is 63.5. The molecule has 12 atom stereocenters. The number of carbonyl (C=O) groups is 6. The summed E-state index contributed by atoms with van der Waals surface area (Å²) in [6.45, 7) is 4.22. The van der Waals surface area contributed by atoms with E-state index in [1.54, 1.807) is 48.8 Å². The molecule has 6 aromatic carbocycles. The number of methoxy groups -OCH3 is 5. The van der Waals surface area contributed by atoms with Gasteiger partial charge in [-0.1, -0.05) is 57.2 Å². The topological polar surface area (TPSA) is 409 Å². The number of ether oxygens (including phenoxy) is 13. The molecular weight excluding hydrogens is 1470 g/mol. The molecule has 6 aliphatic heterocycles. The molecule has 0 spiro atoms. The summed E-state index contributed by atoms with van der Waals surface area (Å²) in [4.78, 5) is 92.0. The van der Waals surface area contributed by atoms with Crippen molar-refractivity contribution in [2.75, 3.05) is 84.9 Å². The number of carbonyl (C=O) groups excluding carboxylic acids is 6. The molecule has 113 heavy (non-hydrogen) atoms. The molecule has 12 rings (SSSR count). The standard InChI is InChI=1S/C81H93N5O27/c1-81(2,3)36-59(87)53-28-43(12-22-62(53)112-77-70(92)68(90)60(88)41-108-77)39-110-79(99)85-55-34-66(64(104-7)32-51(55)73(95)83-37-47(30-57(83)75(85)97)45-14-18-49(102-5)19-15-45)106-25-10-9-11-26-107-67-35-56-52(33-65(67)105-8)74(96)84-38-48(46-16-20-50(103-6)21-17-46)31-58(84)76(98)86(56)80(100)111-40-44-13-23-63(54(29-44)72(94)82-24-27-101-4)113-78-71(93)69(91)61(89)42-109-78/h12-23,28-29,32-35,37-38,57-58,60-61,68-71,75-78,88-93,97-98H,9-11,24-27,30-31,36,39-42H2,1-8H3,(H,82,94)/t57-,58-,60+,61+,68-,69-,70+,71+,75?,76?,77-,78-/m0/s1. The first kappa shape index (κ1) is 81.9. The van der Waals surface area contributed by atoms with Gasteiger partial charge in [0.05, 0.1) is 107 Å². The van der Waals surface area contributed by atoms with Crippen molar-refractivity contribution in [3.8, 4) is 46.0 Å². The van der Waals surface area contributed by atoms with E-state index in [2.05, 4.69) is 5.32 Å². The van der Waals surface area contributed by atoms with E-state index in [1.807, 2.05) is 32.9 Å². The van der Waals surface area contributed by atoms with Crippen molar-refractivity contribution in [2.24, 2.45) is 5.41 Å². The maximum atomic E-state index is 14.9. The second kappa shape index (κ2) is 35.6. The van der Waals surface area contributed by atoms with Crippen LogP contribution in [0.4, 0.5) is 21.0 Å². The van der Waals surface area contributed by atoms with Gasteiger partial charge < -0.3 is 118 Å².